The molecule has 19 heavy (non-hydrogen) atoms. The van der Waals surface area contributed by atoms with Gasteiger partial charge >= 0.3 is 0 Å². The number of hydrogen-bond acceptors (Lipinski definition) is 4. The van der Waals surface area contributed by atoms with E-state index in [2.05, 4.69) is 15.6 Å². The molecule has 100 valence electrons. The number of para-hydroxylation sites is 1. The van der Waals surface area contributed by atoms with Gasteiger partial charge in [-0.3, -0.25) is 4.79 Å². The molecule has 0 fully saturated rings. The number of nitrogens with one attached hydrogen (secondary N) is 2. The molecule has 1 atom stereocenters. The number of aryl methyl sites for hydroxylation is 1. The fourth-order valence-corrected chi connectivity index (χ4v) is 1.81. The molecule has 2 rings (SSSR count). The van der Waals surface area contributed by atoms with E-state index in [0.717, 1.165) is 11.4 Å². The molecule has 0 bridgehead atoms. The number of anilines is 1. The Kier molecular flexibility index (Phi) is 3.85. The van der Waals surface area contributed by atoms with Gasteiger partial charge in [0.2, 0.25) is 5.89 Å². The second kappa shape index (κ2) is 5.56. The normalized spacial score (nSPS) is 11.9. The first-order valence-electron chi connectivity index (χ1n) is 6.11. The van der Waals surface area contributed by atoms with E-state index in [4.69, 9.17) is 4.42 Å². The van der Waals surface area contributed by atoms with Crippen molar-refractivity contribution >= 4 is 11.6 Å². The third-order valence-corrected chi connectivity index (χ3v) is 2.80. The molecule has 0 aliphatic heterocycles. The monoisotopic (exact) mass is 259 g/mol. The number of carbonyl (C=O) groups is 1. The lowest BCUT2D eigenvalue weighted by Crippen LogP contribution is -2.27. The SMILES string of the molecule is CNc1ccccc1C(=O)NC(C)c1ncc(C)o1. The van der Waals surface area contributed by atoms with Crippen molar-refractivity contribution in [3.05, 3.63) is 47.7 Å². The van der Waals surface area contributed by atoms with Crippen molar-refractivity contribution in [2.24, 2.45) is 0 Å². The zero-order valence-corrected chi connectivity index (χ0v) is 11.2. The molecular formula is C14H17N3O2. The smallest absolute Gasteiger partial charge is 0.254 e. The molecule has 0 radical (unpaired) electrons. The van der Waals surface area contributed by atoms with E-state index >= 15 is 0 Å². The number of nitrogens with zero attached hydrogens (tertiary/aromatic N) is 1. The number of rotatable bonds is 4. The minimum atomic E-state index is -0.272. The highest BCUT2D eigenvalue weighted by Gasteiger charge is 2.17. The largest absolute Gasteiger partial charge is 0.444 e. The first kappa shape index (κ1) is 13.1. The Morgan fingerprint density at radius 3 is 2.74 bits per heavy atom. The average Bonchev–Trinajstić information content (AvgIpc) is 2.85. The molecule has 0 aliphatic carbocycles. The maximum atomic E-state index is 12.2. The minimum absolute atomic E-state index is 0.159. The Labute approximate surface area is 112 Å². The molecular weight excluding hydrogens is 242 g/mol. The number of oxazole rings is 1. The van der Waals surface area contributed by atoms with Gasteiger partial charge in [0, 0.05) is 12.7 Å². The molecule has 1 heterocycles. The van der Waals surface area contributed by atoms with Crippen molar-refractivity contribution in [3.8, 4) is 0 Å². The summed E-state index contributed by atoms with van der Waals surface area (Å²) in [6.45, 7) is 3.66. The van der Waals surface area contributed by atoms with Gasteiger partial charge in [-0.05, 0) is 26.0 Å². The van der Waals surface area contributed by atoms with Gasteiger partial charge in [-0.25, -0.2) is 4.98 Å². The van der Waals surface area contributed by atoms with Gasteiger partial charge in [-0.2, -0.15) is 0 Å². The highest BCUT2D eigenvalue weighted by molar-refractivity contribution is 5.99. The second-order valence-electron chi connectivity index (χ2n) is 4.30. The summed E-state index contributed by atoms with van der Waals surface area (Å²) in [6.07, 6.45) is 1.64. The molecule has 0 spiro atoms. The topological polar surface area (TPSA) is 67.2 Å². The molecule has 2 aromatic rings. The van der Waals surface area contributed by atoms with Crippen LogP contribution in [0.1, 0.15) is 35.0 Å². The summed E-state index contributed by atoms with van der Waals surface area (Å²) in [5, 5.41) is 5.86. The van der Waals surface area contributed by atoms with Gasteiger partial charge in [0.1, 0.15) is 11.8 Å². The predicted molar refractivity (Wildman–Crippen MR) is 73.1 cm³/mol. The van der Waals surface area contributed by atoms with Gasteiger partial charge in [0.05, 0.1) is 11.8 Å². The Balaban J connectivity index is 2.12. The highest BCUT2D eigenvalue weighted by Crippen LogP contribution is 2.17. The van der Waals surface area contributed by atoms with E-state index in [1.807, 2.05) is 32.0 Å². The van der Waals surface area contributed by atoms with Crippen LogP contribution in [0, 0.1) is 6.92 Å². The molecule has 2 N–H and O–H groups in total. The molecule has 0 saturated carbocycles. The predicted octanol–water partition coefficient (Wildman–Crippen LogP) is 2.52. The van der Waals surface area contributed by atoms with Crippen molar-refractivity contribution in [1.29, 1.82) is 0 Å². The fraction of sp³-hybridized carbons (Fsp3) is 0.286. The van der Waals surface area contributed by atoms with Gasteiger partial charge in [-0.15, -0.1) is 0 Å². The van der Waals surface area contributed by atoms with Crippen molar-refractivity contribution in [2.75, 3.05) is 12.4 Å². The lowest BCUT2D eigenvalue weighted by atomic mass is 10.1. The Morgan fingerprint density at radius 2 is 2.11 bits per heavy atom. The summed E-state index contributed by atoms with van der Waals surface area (Å²) in [7, 11) is 1.78. The van der Waals surface area contributed by atoms with Crippen LogP contribution in [0.5, 0.6) is 0 Å². The molecule has 5 nitrogen and oxygen atoms in total. The van der Waals surface area contributed by atoms with Crippen LogP contribution in [-0.2, 0) is 0 Å². The van der Waals surface area contributed by atoms with Crippen LogP contribution >= 0.6 is 0 Å². The maximum absolute atomic E-state index is 12.2. The van der Waals surface area contributed by atoms with Crippen LogP contribution in [-0.4, -0.2) is 17.9 Å². The average molecular weight is 259 g/mol. The standard InChI is InChI=1S/C14H17N3O2/c1-9-8-16-14(19-9)10(2)17-13(18)11-6-4-5-7-12(11)15-3/h4-8,10,15H,1-3H3,(H,17,18). The molecule has 0 aliphatic rings. The van der Waals surface area contributed by atoms with Crippen LogP contribution in [0.4, 0.5) is 5.69 Å². The van der Waals surface area contributed by atoms with Gasteiger partial charge in [0.25, 0.3) is 5.91 Å². The van der Waals surface area contributed by atoms with E-state index in [1.165, 1.54) is 0 Å². The zero-order chi connectivity index (χ0) is 13.8. The summed E-state index contributed by atoms with van der Waals surface area (Å²) < 4.78 is 5.40. The number of benzene rings is 1. The van der Waals surface area contributed by atoms with Crippen LogP contribution in [0.2, 0.25) is 0 Å². The highest BCUT2D eigenvalue weighted by atomic mass is 16.4. The van der Waals surface area contributed by atoms with E-state index in [1.54, 1.807) is 19.3 Å². The number of hydrogen-bond donors (Lipinski definition) is 2. The van der Waals surface area contributed by atoms with Crippen LogP contribution in [0.15, 0.2) is 34.9 Å². The molecule has 1 unspecified atom stereocenters. The van der Waals surface area contributed by atoms with Crippen LogP contribution in [0.3, 0.4) is 0 Å². The third kappa shape index (κ3) is 2.93. The second-order valence-corrected chi connectivity index (χ2v) is 4.30. The molecule has 5 heteroatoms. The van der Waals surface area contributed by atoms with E-state index in [0.29, 0.717) is 11.5 Å². The lowest BCUT2D eigenvalue weighted by Gasteiger charge is -2.13. The first-order valence-corrected chi connectivity index (χ1v) is 6.11. The summed E-state index contributed by atoms with van der Waals surface area (Å²) in [5.41, 5.74) is 1.39. The van der Waals surface area contributed by atoms with Gasteiger partial charge in [-0.1, -0.05) is 12.1 Å². The van der Waals surface area contributed by atoms with E-state index in [9.17, 15) is 4.79 Å². The Morgan fingerprint density at radius 1 is 1.37 bits per heavy atom. The van der Waals surface area contributed by atoms with Crippen molar-refractivity contribution < 1.29 is 9.21 Å². The minimum Gasteiger partial charge on any atom is -0.444 e. The van der Waals surface area contributed by atoms with Crippen molar-refractivity contribution in [1.82, 2.24) is 10.3 Å². The Hall–Kier alpha value is -2.30. The summed E-state index contributed by atoms with van der Waals surface area (Å²) in [6, 6.07) is 7.06. The summed E-state index contributed by atoms with van der Waals surface area (Å²) in [5.74, 6) is 1.08. The molecule has 1 amide bonds. The quantitative estimate of drug-likeness (QED) is 0.885. The number of amides is 1. The Bertz CT molecular complexity index is 578. The van der Waals surface area contributed by atoms with E-state index in [-0.39, 0.29) is 11.9 Å². The first-order chi connectivity index (χ1) is 9.11. The van der Waals surface area contributed by atoms with Crippen LogP contribution < -0.4 is 10.6 Å². The number of aromatic nitrogens is 1. The number of carbonyl (C=O) groups excluding carboxylic acids is 1. The zero-order valence-electron chi connectivity index (χ0n) is 11.2. The van der Waals surface area contributed by atoms with Gasteiger partial charge in [0.15, 0.2) is 0 Å². The van der Waals surface area contributed by atoms with Crippen molar-refractivity contribution in [3.63, 3.8) is 0 Å². The summed E-state index contributed by atoms with van der Waals surface area (Å²) >= 11 is 0. The molecule has 1 aromatic carbocycles. The fourth-order valence-electron chi connectivity index (χ4n) is 1.81. The van der Waals surface area contributed by atoms with Crippen LogP contribution in [0.25, 0.3) is 0 Å². The van der Waals surface area contributed by atoms with E-state index < -0.39 is 0 Å². The van der Waals surface area contributed by atoms with Crippen molar-refractivity contribution in [2.45, 2.75) is 19.9 Å². The third-order valence-electron chi connectivity index (χ3n) is 2.80. The molecule has 1 aromatic heterocycles. The maximum Gasteiger partial charge on any atom is 0.254 e. The van der Waals surface area contributed by atoms with Gasteiger partial charge < -0.3 is 15.1 Å². The lowest BCUT2D eigenvalue weighted by molar-refractivity contribution is 0.0934. The summed E-state index contributed by atoms with van der Waals surface area (Å²) in [4.78, 5) is 16.3. The molecule has 0 saturated heterocycles.